The Labute approximate surface area is 137 Å². The Kier molecular flexibility index (Phi) is 6.94. The number of carbonyl (C=O) groups excluding carboxylic acids is 1. The van der Waals surface area contributed by atoms with Crippen LogP contribution in [0.3, 0.4) is 0 Å². The summed E-state index contributed by atoms with van der Waals surface area (Å²) in [6.07, 6.45) is 0.949. The average Bonchev–Trinajstić information content (AvgIpc) is 2.38. The molecule has 2 rings (SSSR count). The number of carbonyl (C=O) groups is 1. The lowest BCUT2D eigenvalue weighted by atomic mass is 9.95. The molecule has 1 saturated heterocycles. The number of piperidine rings is 1. The van der Waals surface area contributed by atoms with Gasteiger partial charge in [0.15, 0.2) is 0 Å². The van der Waals surface area contributed by atoms with E-state index in [0.29, 0.717) is 17.5 Å². The summed E-state index contributed by atoms with van der Waals surface area (Å²) in [5.74, 6) is 0.433. The van der Waals surface area contributed by atoms with Gasteiger partial charge >= 0.3 is 0 Å². The van der Waals surface area contributed by atoms with Gasteiger partial charge in [-0.1, -0.05) is 24.6 Å². The quantitative estimate of drug-likeness (QED) is 0.895. The Morgan fingerprint density at radius 1 is 1.52 bits per heavy atom. The molecule has 3 N–H and O–H groups in total. The summed E-state index contributed by atoms with van der Waals surface area (Å²) >= 11 is 5.95. The number of benzene rings is 1. The molecule has 118 valence electrons. The molecule has 0 aromatic heterocycles. The fourth-order valence-corrected chi connectivity index (χ4v) is 2.69. The zero-order valence-corrected chi connectivity index (χ0v) is 14.0. The van der Waals surface area contributed by atoms with Crippen LogP contribution < -0.4 is 11.1 Å². The maximum Gasteiger partial charge on any atom is 0.238 e. The summed E-state index contributed by atoms with van der Waals surface area (Å²) in [6, 6.07) is 5.76. The predicted molar refractivity (Wildman–Crippen MR) is 90.3 cm³/mol. The van der Waals surface area contributed by atoms with Crippen LogP contribution in [0.5, 0.6) is 0 Å². The van der Waals surface area contributed by atoms with Crippen molar-refractivity contribution < 1.29 is 4.79 Å². The van der Waals surface area contributed by atoms with Gasteiger partial charge in [0.1, 0.15) is 0 Å². The molecule has 0 bridgehead atoms. The van der Waals surface area contributed by atoms with Crippen LogP contribution in [0.2, 0.25) is 5.02 Å². The molecule has 0 saturated carbocycles. The number of amides is 1. The van der Waals surface area contributed by atoms with Gasteiger partial charge in [0.25, 0.3) is 0 Å². The summed E-state index contributed by atoms with van der Waals surface area (Å²) < 4.78 is 0. The summed E-state index contributed by atoms with van der Waals surface area (Å²) in [6.45, 7) is 6.25. The average molecular weight is 332 g/mol. The van der Waals surface area contributed by atoms with E-state index in [2.05, 4.69) is 17.1 Å². The molecule has 0 spiro atoms. The van der Waals surface area contributed by atoms with E-state index in [4.69, 9.17) is 17.3 Å². The smallest absolute Gasteiger partial charge is 0.238 e. The van der Waals surface area contributed by atoms with Gasteiger partial charge in [0.2, 0.25) is 5.91 Å². The molecule has 1 aromatic carbocycles. The first-order chi connectivity index (χ1) is 9.45. The largest absolute Gasteiger partial charge is 0.327 e. The van der Waals surface area contributed by atoms with Crippen molar-refractivity contribution in [1.29, 1.82) is 0 Å². The Hall–Kier alpha value is -0.810. The number of halogens is 2. The lowest BCUT2D eigenvalue weighted by molar-refractivity contribution is -0.117. The lowest BCUT2D eigenvalue weighted by Gasteiger charge is -2.34. The molecule has 21 heavy (non-hydrogen) atoms. The molecule has 1 aromatic rings. The van der Waals surface area contributed by atoms with Crippen molar-refractivity contribution in [3.63, 3.8) is 0 Å². The van der Waals surface area contributed by atoms with E-state index in [0.717, 1.165) is 30.8 Å². The van der Waals surface area contributed by atoms with Crippen LogP contribution in [-0.2, 0) is 4.79 Å². The van der Waals surface area contributed by atoms with E-state index in [1.54, 1.807) is 6.07 Å². The molecule has 0 radical (unpaired) electrons. The van der Waals surface area contributed by atoms with E-state index in [1.807, 2.05) is 19.1 Å². The first-order valence-corrected chi connectivity index (χ1v) is 7.37. The summed E-state index contributed by atoms with van der Waals surface area (Å²) in [7, 11) is 0. The summed E-state index contributed by atoms with van der Waals surface area (Å²) in [5.41, 5.74) is 7.78. The van der Waals surface area contributed by atoms with Crippen LogP contribution in [0.4, 0.5) is 5.69 Å². The predicted octanol–water partition coefficient (Wildman–Crippen LogP) is 2.68. The van der Waals surface area contributed by atoms with Gasteiger partial charge in [-0.05, 0) is 37.0 Å². The van der Waals surface area contributed by atoms with Crippen LogP contribution in [0.15, 0.2) is 18.2 Å². The number of likely N-dealkylation sites (tertiary alicyclic amines) is 1. The topological polar surface area (TPSA) is 58.4 Å². The Morgan fingerprint density at radius 3 is 2.90 bits per heavy atom. The van der Waals surface area contributed by atoms with Gasteiger partial charge in [-0.2, -0.15) is 0 Å². The van der Waals surface area contributed by atoms with Gasteiger partial charge in [-0.3, -0.25) is 9.69 Å². The minimum absolute atomic E-state index is 0. The van der Waals surface area contributed by atoms with Crippen molar-refractivity contribution in [2.75, 3.05) is 25.0 Å². The van der Waals surface area contributed by atoms with Crippen molar-refractivity contribution >= 4 is 35.6 Å². The molecule has 1 aliphatic heterocycles. The van der Waals surface area contributed by atoms with E-state index in [-0.39, 0.29) is 24.4 Å². The number of nitrogens with one attached hydrogen (secondary N) is 1. The van der Waals surface area contributed by atoms with Gasteiger partial charge in [-0.25, -0.2) is 0 Å². The standard InChI is InChI=1S/C15H22ClN3O.ClH/c1-10-3-4-12(16)7-14(10)18-15(20)9-19-6-5-13(17)11(2)8-19;/h3-4,7,11,13H,5-6,8-9,17H2,1-2H3,(H,18,20);1H. The first kappa shape index (κ1) is 18.2. The minimum Gasteiger partial charge on any atom is -0.327 e. The third kappa shape index (κ3) is 5.15. The van der Waals surface area contributed by atoms with Crippen LogP contribution in [0.1, 0.15) is 18.9 Å². The number of hydrogen-bond acceptors (Lipinski definition) is 3. The van der Waals surface area contributed by atoms with Crippen LogP contribution >= 0.6 is 24.0 Å². The number of nitrogens with two attached hydrogens (primary N) is 1. The monoisotopic (exact) mass is 331 g/mol. The Bertz CT molecular complexity index is 496. The van der Waals surface area contributed by atoms with Crippen molar-refractivity contribution in [2.24, 2.45) is 11.7 Å². The maximum absolute atomic E-state index is 12.1. The second kappa shape index (κ2) is 7.99. The van der Waals surface area contributed by atoms with E-state index in [9.17, 15) is 4.79 Å². The highest BCUT2D eigenvalue weighted by Gasteiger charge is 2.24. The molecule has 2 atom stereocenters. The van der Waals surface area contributed by atoms with Crippen LogP contribution in [0.25, 0.3) is 0 Å². The lowest BCUT2D eigenvalue weighted by Crippen LogP contribution is -2.48. The van der Waals surface area contributed by atoms with Crippen molar-refractivity contribution in [3.05, 3.63) is 28.8 Å². The Balaban J connectivity index is 0.00000220. The molecule has 4 nitrogen and oxygen atoms in total. The van der Waals surface area contributed by atoms with Crippen molar-refractivity contribution in [3.8, 4) is 0 Å². The molecular weight excluding hydrogens is 309 g/mol. The second-order valence-electron chi connectivity index (χ2n) is 5.67. The number of aryl methyl sites for hydroxylation is 1. The SMILES string of the molecule is Cc1ccc(Cl)cc1NC(=O)CN1CCC(N)C(C)C1.Cl. The zero-order valence-electron chi connectivity index (χ0n) is 12.4. The second-order valence-corrected chi connectivity index (χ2v) is 6.11. The minimum atomic E-state index is -0.00182. The van der Waals surface area contributed by atoms with Gasteiger partial charge < -0.3 is 11.1 Å². The highest BCUT2D eigenvalue weighted by Crippen LogP contribution is 2.20. The van der Waals surface area contributed by atoms with Gasteiger partial charge in [0, 0.05) is 29.8 Å². The van der Waals surface area contributed by atoms with Crippen molar-refractivity contribution in [2.45, 2.75) is 26.3 Å². The highest BCUT2D eigenvalue weighted by atomic mass is 35.5. The van der Waals surface area contributed by atoms with Crippen LogP contribution in [-0.4, -0.2) is 36.5 Å². The van der Waals surface area contributed by atoms with Crippen molar-refractivity contribution in [1.82, 2.24) is 4.90 Å². The fourth-order valence-electron chi connectivity index (χ4n) is 2.52. The number of nitrogens with zero attached hydrogens (tertiary/aromatic N) is 1. The van der Waals surface area contributed by atoms with Crippen LogP contribution in [0, 0.1) is 12.8 Å². The molecule has 1 aliphatic rings. The molecule has 1 heterocycles. The van der Waals surface area contributed by atoms with Gasteiger partial charge in [0.05, 0.1) is 6.54 Å². The summed E-state index contributed by atoms with van der Waals surface area (Å²) in [5, 5.41) is 3.56. The first-order valence-electron chi connectivity index (χ1n) is 6.99. The normalized spacial score (nSPS) is 22.5. The zero-order chi connectivity index (χ0) is 14.7. The maximum atomic E-state index is 12.1. The number of hydrogen-bond donors (Lipinski definition) is 2. The summed E-state index contributed by atoms with van der Waals surface area (Å²) in [4.78, 5) is 14.3. The molecule has 1 fully saturated rings. The molecule has 1 amide bonds. The molecule has 6 heteroatoms. The third-order valence-corrected chi connectivity index (χ3v) is 4.13. The van der Waals surface area contributed by atoms with E-state index < -0.39 is 0 Å². The highest BCUT2D eigenvalue weighted by molar-refractivity contribution is 6.31. The molecular formula is C15H23Cl2N3O. The molecule has 2 unspecified atom stereocenters. The van der Waals surface area contributed by atoms with E-state index in [1.165, 1.54) is 0 Å². The number of rotatable bonds is 3. The Morgan fingerprint density at radius 2 is 2.24 bits per heavy atom. The van der Waals surface area contributed by atoms with E-state index >= 15 is 0 Å². The number of anilines is 1. The third-order valence-electron chi connectivity index (χ3n) is 3.90. The molecule has 0 aliphatic carbocycles. The van der Waals surface area contributed by atoms with Gasteiger partial charge in [-0.15, -0.1) is 12.4 Å². The fraction of sp³-hybridized carbons (Fsp3) is 0.533.